The number of carbonyl (C=O) groups is 1. The highest BCUT2D eigenvalue weighted by atomic mass is 35.5. The lowest BCUT2D eigenvalue weighted by Crippen LogP contribution is -2.30. The highest BCUT2D eigenvalue weighted by Crippen LogP contribution is 2.11. The number of nitrogens with zero attached hydrogens (tertiary/aromatic N) is 2. The Morgan fingerprint density at radius 2 is 2.28 bits per heavy atom. The minimum Gasteiger partial charge on any atom is -0.467 e. The van der Waals surface area contributed by atoms with E-state index in [1.807, 2.05) is 13.0 Å². The SMILES string of the molecule is CCN(Cc1ccco1)C(=O)c1ccc(Cl)nc1. The van der Waals surface area contributed by atoms with Gasteiger partial charge in [-0.2, -0.15) is 0 Å². The molecule has 0 aliphatic heterocycles. The third kappa shape index (κ3) is 2.90. The summed E-state index contributed by atoms with van der Waals surface area (Å²) < 4.78 is 5.24. The summed E-state index contributed by atoms with van der Waals surface area (Å²) in [5.74, 6) is 0.671. The van der Waals surface area contributed by atoms with Crippen LogP contribution < -0.4 is 0 Å². The number of hydrogen-bond acceptors (Lipinski definition) is 3. The summed E-state index contributed by atoms with van der Waals surface area (Å²) in [6.45, 7) is 2.97. The molecular weight excluding hydrogens is 252 g/mol. The van der Waals surface area contributed by atoms with E-state index in [1.54, 1.807) is 29.4 Å². The second kappa shape index (κ2) is 5.69. The van der Waals surface area contributed by atoms with Crippen molar-refractivity contribution in [3.8, 4) is 0 Å². The maximum absolute atomic E-state index is 12.2. The first-order valence-corrected chi connectivity index (χ1v) is 6.01. The van der Waals surface area contributed by atoms with Gasteiger partial charge in [0, 0.05) is 12.7 Å². The maximum Gasteiger partial charge on any atom is 0.255 e. The van der Waals surface area contributed by atoms with Crippen molar-refractivity contribution in [1.82, 2.24) is 9.88 Å². The lowest BCUT2D eigenvalue weighted by molar-refractivity contribution is 0.0741. The van der Waals surface area contributed by atoms with Gasteiger partial charge in [-0.25, -0.2) is 4.98 Å². The van der Waals surface area contributed by atoms with Crippen molar-refractivity contribution in [3.63, 3.8) is 0 Å². The fraction of sp³-hybridized carbons (Fsp3) is 0.231. The van der Waals surface area contributed by atoms with Gasteiger partial charge in [-0.3, -0.25) is 4.79 Å². The van der Waals surface area contributed by atoms with Gasteiger partial charge in [0.1, 0.15) is 10.9 Å². The number of halogens is 1. The number of pyridine rings is 1. The molecule has 2 rings (SSSR count). The second-order valence-electron chi connectivity index (χ2n) is 3.77. The lowest BCUT2D eigenvalue weighted by Gasteiger charge is -2.19. The molecule has 4 nitrogen and oxygen atoms in total. The van der Waals surface area contributed by atoms with Crippen LogP contribution in [-0.4, -0.2) is 22.3 Å². The lowest BCUT2D eigenvalue weighted by atomic mass is 10.2. The fourth-order valence-electron chi connectivity index (χ4n) is 1.60. The molecule has 0 atom stereocenters. The molecule has 18 heavy (non-hydrogen) atoms. The number of amides is 1. The van der Waals surface area contributed by atoms with E-state index in [9.17, 15) is 4.79 Å². The largest absolute Gasteiger partial charge is 0.467 e. The Balaban J connectivity index is 2.12. The van der Waals surface area contributed by atoms with Crippen LogP contribution in [0.3, 0.4) is 0 Å². The highest BCUT2D eigenvalue weighted by Gasteiger charge is 2.15. The molecule has 0 radical (unpaired) electrons. The average molecular weight is 265 g/mol. The normalized spacial score (nSPS) is 10.3. The molecule has 2 heterocycles. The number of carbonyl (C=O) groups excluding carboxylic acids is 1. The highest BCUT2D eigenvalue weighted by molar-refractivity contribution is 6.29. The number of aromatic nitrogens is 1. The standard InChI is InChI=1S/C13H13ClN2O2/c1-2-16(9-11-4-3-7-18-11)13(17)10-5-6-12(14)15-8-10/h3-8H,2,9H2,1H3. The van der Waals surface area contributed by atoms with Crippen LogP contribution >= 0.6 is 11.6 Å². The van der Waals surface area contributed by atoms with Crippen LogP contribution in [0.4, 0.5) is 0 Å². The third-order valence-electron chi connectivity index (χ3n) is 2.57. The van der Waals surface area contributed by atoms with Gasteiger partial charge in [0.05, 0.1) is 18.4 Å². The van der Waals surface area contributed by atoms with Gasteiger partial charge in [-0.15, -0.1) is 0 Å². The number of rotatable bonds is 4. The van der Waals surface area contributed by atoms with Crippen LogP contribution in [0.5, 0.6) is 0 Å². The summed E-state index contributed by atoms with van der Waals surface area (Å²) in [4.78, 5) is 17.8. The molecule has 0 bridgehead atoms. The summed E-state index contributed by atoms with van der Waals surface area (Å²) in [6, 6.07) is 6.92. The molecule has 1 amide bonds. The Morgan fingerprint density at radius 3 is 2.83 bits per heavy atom. The molecule has 5 heteroatoms. The molecule has 0 aromatic carbocycles. The van der Waals surface area contributed by atoms with Crippen molar-refractivity contribution in [2.45, 2.75) is 13.5 Å². The minimum absolute atomic E-state index is 0.0851. The number of hydrogen-bond donors (Lipinski definition) is 0. The Morgan fingerprint density at radius 1 is 1.44 bits per heavy atom. The van der Waals surface area contributed by atoms with Gasteiger partial charge in [-0.1, -0.05) is 11.6 Å². The summed E-state index contributed by atoms with van der Waals surface area (Å²) in [5.41, 5.74) is 0.521. The van der Waals surface area contributed by atoms with Crippen molar-refractivity contribution in [3.05, 3.63) is 53.2 Å². The quantitative estimate of drug-likeness (QED) is 0.798. The molecule has 94 valence electrons. The minimum atomic E-state index is -0.0851. The van der Waals surface area contributed by atoms with Gasteiger partial charge in [0.2, 0.25) is 0 Å². The van der Waals surface area contributed by atoms with Crippen molar-refractivity contribution < 1.29 is 9.21 Å². The predicted molar refractivity (Wildman–Crippen MR) is 68.4 cm³/mol. The van der Waals surface area contributed by atoms with Crippen molar-refractivity contribution in [1.29, 1.82) is 0 Å². The molecular formula is C13H13ClN2O2. The Kier molecular flexibility index (Phi) is 3.99. The van der Waals surface area contributed by atoms with Crippen LogP contribution in [0.15, 0.2) is 41.1 Å². The van der Waals surface area contributed by atoms with Crippen LogP contribution in [0.25, 0.3) is 0 Å². The first-order valence-electron chi connectivity index (χ1n) is 5.64. The van der Waals surface area contributed by atoms with Crippen molar-refractivity contribution in [2.75, 3.05) is 6.54 Å². The molecule has 0 fully saturated rings. The molecule has 0 saturated carbocycles. The topological polar surface area (TPSA) is 46.3 Å². The van der Waals surface area contributed by atoms with Gasteiger partial charge in [0.25, 0.3) is 5.91 Å². The fourth-order valence-corrected chi connectivity index (χ4v) is 1.71. The van der Waals surface area contributed by atoms with E-state index in [0.717, 1.165) is 5.76 Å². The van der Waals surface area contributed by atoms with Crippen LogP contribution in [-0.2, 0) is 6.54 Å². The molecule has 0 aliphatic rings. The third-order valence-corrected chi connectivity index (χ3v) is 2.79. The zero-order valence-electron chi connectivity index (χ0n) is 9.97. The molecule has 2 aromatic heterocycles. The second-order valence-corrected chi connectivity index (χ2v) is 4.16. The zero-order chi connectivity index (χ0) is 13.0. The molecule has 0 N–H and O–H groups in total. The smallest absolute Gasteiger partial charge is 0.255 e. The van der Waals surface area contributed by atoms with E-state index < -0.39 is 0 Å². The molecule has 0 saturated heterocycles. The molecule has 0 spiro atoms. The Hall–Kier alpha value is -1.81. The predicted octanol–water partition coefficient (Wildman–Crippen LogP) is 2.99. The van der Waals surface area contributed by atoms with Crippen molar-refractivity contribution >= 4 is 17.5 Å². The molecule has 0 unspecified atom stereocenters. The average Bonchev–Trinajstić information content (AvgIpc) is 2.89. The van der Waals surface area contributed by atoms with Gasteiger partial charge < -0.3 is 9.32 Å². The van der Waals surface area contributed by atoms with Crippen LogP contribution in [0.1, 0.15) is 23.0 Å². The molecule has 2 aromatic rings. The van der Waals surface area contributed by atoms with Crippen LogP contribution in [0, 0.1) is 0 Å². The summed E-state index contributed by atoms with van der Waals surface area (Å²) in [5, 5.41) is 0.376. The van der Waals surface area contributed by atoms with Gasteiger partial charge >= 0.3 is 0 Å². The summed E-state index contributed by atoms with van der Waals surface area (Å²) >= 11 is 5.69. The van der Waals surface area contributed by atoms with E-state index in [-0.39, 0.29) is 5.91 Å². The Labute approximate surface area is 110 Å². The van der Waals surface area contributed by atoms with E-state index in [0.29, 0.717) is 23.8 Å². The zero-order valence-corrected chi connectivity index (χ0v) is 10.7. The van der Waals surface area contributed by atoms with Gasteiger partial charge in [0.15, 0.2) is 0 Å². The van der Waals surface area contributed by atoms with E-state index in [2.05, 4.69) is 4.98 Å². The van der Waals surface area contributed by atoms with E-state index in [4.69, 9.17) is 16.0 Å². The van der Waals surface area contributed by atoms with Gasteiger partial charge in [-0.05, 0) is 31.2 Å². The first-order chi connectivity index (χ1) is 8.70. The number of furan rings is 1. The maximum atomic E-state index is 12.2. The monoisotopic (exact) mass is 264 g/mol. The summed E-state index contributed by atoms with van der Waals surface area (Å²) in [7, 11) is 0. The van der Waals surface area contributed by atoms with E-state index in [1.165, 1.54) is 6.20 Å². The van der Waals surface area contributed by atoms with E-state index >= 15 is 0 Å². The summed E-state index contributed by atoms with van der Waals surface area (Å²) in [6.07, 6.45) is 3.08. The van der Waals surface area contributed by atoms with Crippen molar-refractivity contribution in [2.24, 2.45) is 0 Å². The van der Waals surface area contributed by atoms with Crippen LogP contribution in [0.2, 0.25) is 5.15 Å². The molecule has 0 aliphatic carbocycles. The Bertz CT molecular complexity index is 508. The first kappa shape index (κ1) is 12.6.